The lowest BCUT2D eigenvalue weighted by molar-refractivity contribution is -0.139. The Hall–Kier alpha value is -1.87. The molecule has 1 aromatic rings. The van der Waals surface area contributed by atoms with Crippen LogP contribution >= 0.6 is 0 Å². The monoisotopic (exact) mass is 345 g/mol. The van der Waals surface area contributed by atoms with Gasteiger partial charge in [0.2, 0.25) is 0 Å². The van der Waals surface area contributed by atoms with Gasteiger partial charge in [0, 0.05) is 12.1 Å². The highest BCUT2D eigenvalue weighted by atomic mass is 16.5. The predicted octanol–water partition coefficient (Wildman–Crippen LogP) is 5.34. The average Bonchev–Trinajstić information content (AvgIpc) is 2.64. The Morgan fingerprint density at radius 1 is 1.08 bits per heavy atom. The molecule has 0 aliphatic carbocycles. The fourth-order valence-electron chi connectivity index (χ4n) is 2.08. The smallest absolute Gasteiger partial charge is 0.333 e. The van der Waals surface area contributed by atoms with Gasteiger partial charge in [-0.25, -0.2) is 4.79 Å². The molecule has 0 unspecified atom stereocenters. The van der Waals surface area contributed by atoms with E-state index in [9.17, 15) is 4.79 Å². The normalized spacial score (nSPS) is 9.92. The zero-order valence-corrected chi connectivity index (χ0v) is 16.3. The van der Waals surface area contributed by atoms with E-state index in [1.165, 1.54) is 31.2 Å². The van der Waals surface area contributed by atoms with Gasteiger partial charge in [-0.2, -0.15) is 0 Å². The predicted molar refractivity (Wildman–Crippen MR) is 109 cm³/mol. The Bertz CT molecular complexity index is 474. The summed E-state index contributed by atoms with van der Waals surface area (Å²) in [5.41, 5.74) is 1.64. The van der Waals surface area contributed by atoms with Crippen LogP contribution in [-0.2, 0) is 9.53 Å². The molecule has 0 bridgehead atoms. The number of ether oxygens (including phenoxy) is 1. The average molecular weight is 346 g/mol. The maximum Gasteiger partial charge on any atom is 0.333 e. The van der Waals surface area contributed by atoms with Crippen molar-refractivity contribution in [3.8, 4) is 0 Å². The molecule has 0 aliphatic rings. The largest absolute Gasteiger partial charge is 0.461 e. The SMILES string of the molecule is C=C(C)C(=O)OCCN(CCCC)CCCC.C=Cc1ccccc1. The van der Waals surface area contributed by atoms with Crippen LogP contribution in [0.5, 0.6) is 0 Å². The van der Waals surface area contributed by atoms with Crippen LogP contribution in [0.25, 0.3) is 6.08 Å². The number of rotatable bonds is 11. The van der Waals surface area contributed by atoms with Crippen LogP contribution in [0.15, 0.2) is 49.1 Å². The molecule has 0 atom stereocenters. The molecule has 0 spiro atoms. The van der Waals surface area contributed by atoms with E-state index in [-0.39, 0.29) is 5.97 Å². The van der Waals surface area contributed by atoms with Gasteiger partial charge in [0.25, 0.3) is 0 Å². The van der Waals surface area contributed by atoms with Crippen LogP contribution < -0.4 is 0 Å². The van der Waals surface area contributed by atoms with Crippen molar-refractivity contribution in [2.75, 3.05) is 26.2 Å². The molecule has 0 saturated heterocycles. The number of benzene rings is 1. The molecular formula is C22H35NO2. The van der Waals surface area contributed by atoms with E-state index in [2.05, 4.69) is 31.9 Å². The number of carbonyl (C=O) groups is 1. The standard InChI is InChI=1S/C14H27NO2.C8H8/c1-5-7-9-15(10-8-6-2)11-12-17-14(16)13(3)4;1-2-8-6-4-3-5-7-8/h3,5-12H2,1-2,4H3;2-7H,1H2. The molecular weight excluding hydrogens is 310 g/mol. The molecule has 0 amide bonds. The second kappa shape index (κ2) is 15.6. The third-order valence-corrected chi connectivity index (χ3v) is 3.68. The number of esters is 1. The molecule has 0 fully saturated rings. The number of hydrogen-bond acceptors (Lipinski definition) is 3. The molecule has 0 radical (unpaired) electrons. The molecule has 25 heavy (non-hydrogen) atoms. The molecule has 3 heteroatoms. The molecule has 0 heterocycles. The summed E-state index contributed by atoms with van der Waals surface area (Å²) >= 11 is 0. The molecule has 1 rings (SSSR count). The summed E-state index contributed by atoms with van der Waals surface area (Å²) in [6.45, 7) is 16.8. The van der Waals surface area contributed by atoms with E-state index >= 15 is 0 Å². The summed E-state index contributed by atoms with van der Waals surface area (Å²) in [5.74, 6) is -0.282. The highest BCUT2D eigenvalue weighted by Gasteiger charge is 2.06. The lowest BCUT2D eigenvalue weighted by Gasteiger charge is -2.21. The minimum absolute atomic E-state index is 0.282. The van der Waals surface area contributed by atoms with Gasteiger partial charge in [-0.15, -0.1) is 0 Å². The Morgan fingerprint density at radius 2 is 1.64 bits per heavy atom. The van der Waals surface area contributed by atoms with Crippen LogP contribution in [0, 0.1) is 0 Å². The highest BCUT2D eigenvalue weighted by molar-refractivity contribution is 5.86. The first-order valence-electron chi connectivity index (χ1n) is 9.27. The molecule has 0 saturated carbocycles. The van der Waals surface area contributed by atoms with Crippen molar-refractivity contribution in [3.63, 3.8) is 0 Å². The van der Waals surface area contributed by atoms with Gasteiger partial charge in [-0.05, 0) is 38.4 Å². The van der Waals surface area contributed by atoms with Gasteiger partial charge in [0.1, 0.15) is 6.61 Å². The third-order valence-electron chi connectivity index (χ3n) is 3.68. The Labute approximate surface area is 154 Å². The summed E-state index contributed by atoms with van der Waals surface area (Å²) in [4.78, 5) is 13.6. The van der Waals surface area contributed by atoms with Gasteiger partial charge < -0.3 is 4.74 Å². The summed E-state index contributed by atoms with van der Waals surface area (Å²) in [5, 5.41) is 0. The van der Waals surface area contributed by atoms with Gasteiger partial charge in [0.15, 0.2) is 0 Å². The van der Waals surface area contributed by atoms with Gasteiger partial charge in [-0.1, -0.05) is 76.3 Å². The summed E-state index contributed by atoms with van der Waals surface area (Å²) < 4.78 is 5.11. The van der Waals surface area contributed by atoms with E-state index in [1.54, 1.807) is 6.92 Å². The summed E-state index contributed by atoms with van der Waals surface area (Å²) in [6.07, 6.45) is 6.65. The zero-order valence-electron chi connectivity index (χ0n) is 16.3. The van der Waals surface area contributed by atoms with Crippen LogP contribution in [-0.4, -0.2) is 37.1 Å². The number of carbonyl (C=O) groups excluding carboxylic acids is 1. The fraction of sp³-hybridized carbons (Fsp3) is 0.500. The second-order valence-electron chi connectivity index (χ2n) is 6.08. The topological polar surface area (TPSA) is 29.5 Å². The highest BCUT2D eigenvalue weighted by Crippen LogP contribution is 2.00. The van der Waals surface area contributed by atoms with Crippen molar-refractivity contribution in [2.45, 2.75) is 46.5 Å². The lowest BCUT2D eigenvalue weighted by Crippen LogP contribution is -2.30. The first-order valence-corrected chi connectivity index (χ1v) is 9.27. The summed E-state index contributed by atoms with van der Waals surface area (Å²) in [7, 11) is 0. The van der Waals surface area contributed by atoms with E-state index in [1.807, 2.05) is 36.4 Å². The van der Waals surface area contributed by atoms with Crippen LogP contribution in [0.3, 0.4) is 0 Å². The van der Waals surface area contributed by atoms with Gasteiger partial charge >= 0.3 is 5.97 Å². The molecule has 0 aromatic heterocycles. The van der Waals surface area contributed by atoms with E-state index in [0.717, 1.165) is 19.6 Å². The van der Waals surface area contributed by atoms with E-state index < -0.39 is 0 Å². The van der Waals surface area contributed by atoms with E-state index in [4.69, 9.17) is 4.74 Å². The molecule has 0 N–H and O–H groups in total. The van der Waals surface area contributed by atoms with Crippen molar-refractivity contribution in [1.29, 1.82) is 0 Å². The molecule has 140 valence electrons. The zero-order chi connectivity index (χ0) is 18.9. The quantitative estimate of drug-likeness (QED) is 0.400. The first-order chi connectivity index (χ1) is 12.0. The molecule has 0 aliphatic heterocycles. The van der Waals surface area contributed by atoms with Crippen molar-refractivity contribution >= 4 is 12.0 Å². The Balaban J connectivity index is 0.000000593. The van der Waals surface area contributed by atoms with E-state index in [0.29, 0.717) is 12.2 Å². The molecule has 3 nitrogen and oxygen atoms in total. The van der Waals surface area contributed by atoms with Crippen molar-refractivity contribution < 1.29 is 9.53 Å². The minimum atomic E-state index is -0.282. The van der Waals surface area contributed by atoms with Crippen LogP contribution in [0.2, 0.25) is 0 Å². The summed E-state index contributed by atoms with van der Waals surface area (Å²) in [6, 6.07) is 10.0. The minimum Gasteiger partial charge on any atom is -0.461 e. The fourth-order valence-corrected chi connectivity index (χ4v) is 2.08. The van der Waals surface area contributed by atoms with Crippen LogP contribution in [0.1, 0.15) is 52.0 Å². The third kappa shape index (κ3) is 13.1. The lowest BCUT2D eigenvalue weighted by atomic mass is 10.2. The van der Waals surface area contributed by atoms with Crippen molar-refractivity contribution in [2.24, 2.45) is 0 Å². The van der Waals surface area contributed by atoms with Gasteiger partial charge in [0.05, 0.1) is 0 Å². The number of hydrogen-bond donors (Lipinski definition) is 0. The maximum absolute atomic E-state index is 11.2. The molecule has 1 aromatic carbocycles. The van der Waals surface area contributed by atoms with Gasteiger partial charge in [-0.3, -0.25) is 4.90 Å². The second-order valence-corrected chi connectivity index (χ2v) is 6.08. The Kier molecular flexibility index (Phi) is 14.5. The first kappa shape index (κ1) is 23.1. The van der Waals surface area contributed by atoms with Crippen molar-refractivity contribution in [3.05, 3.63) is 54.6 Å². The Morgan fingerprint density at radius 3 is 2.04 bits per heavy atom. The maximum atomic E-state index is 11.2. The van der Waals surface area contributed by atoms with Crippen LogP contribution in [0.4, 0.5) is 0 Å². The van der Waals surface area contributed by atoms with Crippen molar-refractivity contribution in [1.82, 2.24) is 4.90 Å². The number of unbranched alkanes of at least 4 members (excludes halogenated alkanes) is 2. The number of nitrogens with zero attached hydrogens (tertiary/aromatic N) is 1.